The van der Waals surface area contributed by atoms with Crippen molar-refractivity contribution < 1.29 is 17.9 Å². The first-order valence-electron chi connectivity index (χ1n) is 8.49. The lowest BCUT2D eigenvalue weighted by atomic mass is 10.2. The molecule has 1 heterocycles. The van der Waals surface area contributed by atoms with Gasteiger partial charge in [-0.15, -0.1) is 0 Å². The number of hydrogen-bond donors (Lipinski definition) is 2. The number of rotatable bonds is 7. The van der Waals surface area contributed by atoms with Crippen LogP contribution in [0, 0.1) is 0 Å². The van der Waals surface area contributed by atoms with E-state index in [2.05, 4.69) is 15.0 Å². The molecule has 7 nitrogen and oxygen atoms in total. The van der Waals surface area contributed by atoms with E-state index in [1.807, 2.05) is 6.07 Å². The van der Waals surface area contributed by atoms with Crippen molar-refractivity contribution in [2.24, 2.45) is 0 Å². The normalized spacial score (nSPS) is 14.8. The van der Waals surface area contributed by atoms with Gasteiger partial charge in [-0.3, -0.25) is 4.72 Å². The Kier molecular flexibility index (Phi) is 5.51. The molecule has 0 amide bonds. The van der Waals surface area contributed by atoms with E-state index < -0.39 is 10.0 Å². The average Bonchev–Trinajstić information content (AvgIpc) is 3.15. The molecule has 1 aliphatic rings. The zero-order chi connectivity index (χ0) is 18.6. The van der Waals surface area contributed by atoms with Crippen LogP contribution in [0.4, 0.5) is 11.5 Å². The molecule has 0 unspecified atom stereocenters. The third kappa shape index (κ3) is 4.19. The van der Waals surface area contributed by atoms with Gasteiger partial charge in [0.05, 0.1) is 26.1 Å². The van der Waals surface area contributed by atoms with E-state index >= 15 is 0 Å². The molecule has 140 valence electrons. The molecule has 0 radical (unpaired) electrons. The Balaban J connectivity index is 1.76. The van der Waals surface area contributed by atoms with Crippen LogP contribution in [0.1, 0.15) is 25.7 Å². The minimum atomic E-state index is -3.86. The predicted molar refractivity (Wildman–Crippen MR) is 100 cm³/mol. The molecule has 0 aliphatic heterocycles. The summed E-state index contributed by atoms with van der Waals surface area (Å²) in [5, 5.41) is 3.42. The summed E-state index contributed by atoms with van der Waals surface area (Å²) < 4.78 is 38.2. The third-order valence-electron chi connectivity index (χ3n) is 4.39. The number of anilines is 2. The average molecular weight is 377 g/mol. The minimum Gasteiger partial charge on any atom is -0.497 e. The van der Waals surface area contributed by atoms with Gasteiger partial charge in [-0.2, -0.15) is 0 Å². The van der Waals surface area contributed by atoms with Gasteiger partial charge >= 0.3 is 0 Å². The van der Waals surface area contributed by atoms with E-state index in [1.165, 1.54) is 33.1 Å². The zero-order valence-electron chi connectivity index (χ0n) is 14.9. The SMILES string of the molecule is COc1ccc(OC)c(S(=O)(=O)Nc2ccc(NC3CCCC3)cn2)c1. The molecule has 2 aromatic rings. The molecule has 3 rings (SSSR count). The molecule has 1 aromatic carbocycles. The van der Waals surface area contributed by atoms with Gasteiger partial charge in [0, 0.05) is 12.1 Å². The molecule has 0 atom stereocenters. The number of sulfonamides is 1. The minimum absolute atomic E-state index is 0.00527. The van der Waals surface area contributed by atoms with Crippen molar-refractivity contribution in [1.82, 2.24) is 4.98 Å². The molecule has 26 heavy (non-hydrogen) atoms. The predicted octanol–water partition coefficient (Wildman–Crippen LogP) is 3.25. The third-order valence-corrected chi connectivity index (χ3v) is 5.76. The highest BCUT2D eigenvalue weighted by Crippen LogP contribution is 2.29. The maximum absolute atomic E-state index is 12.7. The molecule has 0 saturated heterocycles. The van der Waals surface area contributed by atoms with E-state index in [0.717, 1.165) is 18.5 Å². The van der Waals surface area contributed by atoms with Crippen molar-refractivity contribution >= 4 is 21.5 Å². The first-order chi connectivity index (χ1) is 12.5. The van der Waals surface area contributed by atoms with Crippen LogP contribution in [-0.4, -0.2) is 33.7 Å². The quantitative estimate of drug-likeness (QED) is 0.770. The van der Waals surface area contributed by atoms with Crippen LogP contribution in [0.25, 0.3) is 0 Å². The second-order valence-corrected chi connectivity index (χ2v) is 7.83. The molecule has 1 aliphatic carbocycles. The van der Waals surface area contributed by atoms with Crippen LogP contribution in [-0.2, 0) is 10.0 Å². The molecule has 2 N–H and O–H groups in total. The van der Waals surface area contributed by atoms with Gasteiger partial charge in [0.25, 0.3) is 10.0 Å². The lowest BCUT2D eigenvalue weighted by Gasteiger charge is -2.14. The van der Waals surface area contributed by atoms with Crippen molar-refractivity contribution in [3.05, 3.63) is 36.5 Å². The van der Waals surface area contributed by atoms with Crippen LogP contribution in [0.15, 0.2) is 41.4 Å². The smallest absolute Gasteiger partial charge is 0.266 e. The molecular formula is C18H23N3O4S. The fraction of sp³-hybridized carbons (Fsp3) is 0.389. The van der Waals surface area contributed by atoms with E-state index in [0.29, 0.717) is 11.8 Å². The second kappa shape index (κ2) is 7.82. The summed E-state index contributed by atoms with van der Waals surface area (Å²) in [7, 11) is -0.967. The van der Waals surface area contributed by atoms with Crippen molar-refractivity contribution in [2.45, 2.75) is 36.6 Å². The highest BCUT2D eigenvalue weighted by Gasteiger charge is 2.21. The Morgan fingerprint density at radius 3 is 2.46 bits per heavy atom. The number of pyridine rings is 1. The molecule has 8 heteroatoms. The number of nitrogens with zero attached hydrogens (tertiary/aromatic N) is 1. The number of methoxy groups -OCH3 is 2. The largest absolute Gasteiger partial charge is 0.497 e. The van der Waals surface area contributed by atoms with E-state index in [-0.39, 0.29) is 16.5 Å². The highest BCUT2D eigenvalue weighted by molar-refractivity contribution is 7.92. The molecule has 0 bridgehead atoms. The van der Waals surface area contributed by atoms with E-state index in [4.69, 9.17) is 9.47 Å². The lowest BCUT2D eigenvalue weighted by molar-refractivity contribution is 0.392. The summed E-state index contributed by atoms with van der Waals surface area (Å²) in [6.45, 7) is 0. The molecular weight excluding hydrogens is 354 g/mol. The maximum atomic E-state index is 12.7. The summed E-state index contributed by atoms with van der Waals surface area (Å²) >= 11 is 0. The molecule has 1 saturated carbocycles. The Bertz CT molecular complexity index is 847. The molecule has 1 fully saturated rings. The maximum Gasteiger partial charge on any atom is 0.266 e. The second-order valence-electron chi connectivity index (χ2n) is 6.18. The lowest BCUT2D eigenvalue weighted by Crippen LogP contribution is -2.16. The fourth-order valence-electron chi connectivity index (χ4n) is 3.03. The molecule has 0 spiro atoms. The van der Waals surface area contributed by atoms with Gasteiger partial charge in [0.2, 0.25) is 0 Å². The van der Waals surface area contributed by atoms with Crippen LogP contribution in [0.5, 0.6) is 11.5 Å². The summed E-state index contributed by atoms with van der Waals surface area (Å²) in [4.78, 5) is 4.20. The Morgan fingerprint density at radius 1 is 1.08 bits per heavy atom. The highest BCUT2D eigenvalue weighted by atomic mass is 32.2. The zero-order valence-corrected chi connectivity index (χ0v) is 15.7. The Labute approximate surface area is 153 Å². The monoisotopic (exact) mass is 377 g/mol. The van der Waals surface area contributed by atoms with E-state index in [9.17, 15) is 8.42 Å². The first-order valence-corrected chi connectivity index (χ1v) is 9.97. The summed E-state index contributed by atoms with van der Waals surface area (Å²) in [5.41, 5.74) is 0.888. The summed E-state index contributed by atoms with van der Waals surface area (Å²) in [6.07, 6.45) is 6.43. The van der Waals surface area contributed by atoms with E-state index in [1.54, 1.807) is 24.4 Å². The Morgan fingerprint density at radius 2 is 1.85 bits per heavy atom. The van der Waals surface area contributed by atoms with Crippen LogP contribution in [0.2, 0.25) is 0 Å². The van der Waals surface area contributed by atoms with Crippen molar-refractivity contribution in [2.75, 3.05) is 24.3 Å². The summed E-state index contributed by atoms with van der Waals surface area (Å²) in [5.74, 6) is 0.903. The van der Waals surface area contributed by atoms with Gasteiger partial charge in [-0.1, -0.05) is 12.8 Å². The van der Waals surface area contributed by atoms with Crippen molar-refractivity contribution in [1.29, 1.82) is 0 Å². The van der Waals surface area contributed by atoms with Crippen molar-refractivity contribution in [3.63, 3.8) is 0 Å². The Hall–Kier alpha value is -2.48. The number of aromatic nitrogens is 1. The van der Waals surface area contributed by atoms with Crippen LogP contribution < -0.4 is 19.5 Å². The van der Waals surface area contributed by atoms with Gasteiger partial charge in [0.15, 0.2) is 0 Å². The first kappa shape index (κ1) is 18.3. The van der Waals surface area contributed by atoms with Gasteiger partial charge in [-0.05, 0) is 37.1 Å². The number of ether oxygens (including phenoxy) is 2. The molecule has 1 aromatic heterocycles. The van der Waals surface area contributed by atoms with Gasteiger partial charge < -0.3 is 14.8 Å². The van der Waals surface area contributed by atoms with Crippen molar-refractivity contribution in [3.8, 4) is 11.5 Å². The van der Waals surface area contributed by atoms with Crippen LogP contribution >= 0.6 is 0 Å². The number of nitrogens with one attached hydrogen (secondary N) is 2. The van der Waals surface area contributed by atoms with Gasteiger partial charge in [0.1, 0.15) is 22.2 Å². The fourth-order valence-corrected chi connectivity index (χ4v) is 4.23. The van der Waals surface area contributed by atoms with Gasteiger partial charge in [-0.25, -0.2) is 13.4 Å². The number of hydrogen-bond acceptors (Lipinski definition) is 6. The number of benzene rings is 1. The topological polar surface area (TPSA) is 89.5 Å². The summed E-state index contributed by atoms with van der Waals surface area (Å²) in [6, 6.07) is 8.54. The standard InChI is InChI=1S/C18H23N3O4S/c1-24-15-8-9-16(25-2)17(11-15)26(22,23)21-18-10-7-14(12-19-18)20-13-5-3-4-6-13/h7-13,20H,3-6H2,1-2H3,(H,19,21). The van der Waals surface area contributed by atoms with Crippen LogP contribution in [0.3, 0.4) is 0 Å².